The molecule has 1 aliphatic carbocycles. The van der Waals surface area contributed by atoms with E-state index in [1.54, 1.807) is 0 Å². The minimum Gasteiger partial charge on any atom is -0.395 e. The molecule has 2 aliphatic rings. The highest BCUT2D eigenvalue weighted by molar-refractivity contribution is 4.86. The van der Waals surface area contributed by atoms with Crippen LogP contribution in [0.15, 0.2) is 0 Å². The van der Waals surface area contributed by atoms with E-state index in [0.717, 1.165) is 18.5 Å². The topological polar surface area (TPSA) is 35.5 Å². The third-order valence-corrected chi connectivity index (χ3v) is 3.64. The number of hydrogen-bond acceptors (Lipinski definition) is 3. The lowest BCUT2D eigenvalue weighted by Gasteiger charge is -2.26. The molecule has 2 N–H and O–H groups in total. The molecular formula is C12H24N2O. The number of hydrogen-bond donors (Lipinski definition) is 2. The Morgan fingerprint density at radius 2 is 2.00 bits per heavy atom. The SMILES string of the molecule is OCCN(CC1CCCNCC1)C1CC1. The lowest BCUT2D eigenvalue weighted by Crippen LogP contribution is -2.34. The number of nitrogens with zero attached hydrogens (tertiary/aromatic N) is 1. The van der Waals surface area contributed by atoms with Crippen molar-refractivity contribution in [1.82, 2.24) is 10.2 Å². The molecule has 2 rings (SSSR count). The fourth-order valence-electron chi connectivity index (χ4n) is 2.60. The zero-order chi connectivity index (χ0) is 10.5. The van der Waals surface area contributed by atoms with Gasteiger partial charge >= 0.3 is 0 Å². The van der Waals surface area contributed by atoms with E-state index in [2.05, 4.69) is 10.2 Å². The molecule has 88 valence electrons. The van der Waals surface area contributed by atoms with Crippen molar-refractivity contribution in [2.24, 2.45) is 5.92 Å². The highest BCUT2D eigenvalue weighted by Crippen LogP contribution is 2.28. The van der Waals surface area contributed by atoms with Crippen LogP contribution < -0.4 is 5.32 Å². The van der Waals surface area contributed by atoms with Gasteiger partial charge in [0.25, 0.3) is 0 Å². The van der Waals surface area contributed by atoms with Gasteiger partial charge in [-0.05, 0) is 51.1 Å². The summed E-state index contributed by atoms with van der Waals surface area (Å²) < 4.78 is 0. The van der Waals surface area contributed by atoms with Crippen LogP contribution in [0.2, 0.25) is 0 Å². The highest BCUT2D eigenvalue weighted by atomic mass is 16.3. The first-order chi connectivity index (χ1) is 7.40. The van der Waals surface area contributed by atoms with Gasteiger partial charge < -0.3 is 10.4 Å². The van der Waals surface area contributed by atoms with Crippen LogP contribution in [0.4, 0.5) is 0 Å². The molecule has 1 saturated carbocycles. The first-order valence-electron chi connectivity index (χ1n) is 6.46. The fraction of sp³-hybridized carbons (Fsp3) is 1.00. The monoisotopic (exact) mass is 212 g/mol. The maximum atomic E-state index is 9.04. The van der Waals surface area contributed by atoms with Gasteiger partial charge in [0, 0.05) is 19.1 Å². The Labute approximate surface area is 92.8 Å². The maximum Gasteiger partial charge on any atom is 0.0558 e. The third kappa shape index (κ3) is 3.74. The molecule has 0 aromatic rings. The Morgan fingerprint density at radius 3 is 2.73 bits per heavy atom. The van der Waals surface area contributed by atoms with Gasteiger partial charge in [-0.3, -0.25) is 4.90 Å². The Bertz CT molecular complexity index is 174. The van der Waals surface area contributed by atoms with E-state index in [4.69, 9.17) is 5.11 Å². The summed E-state index contributed by atoms with van der Waals surface area (Å²) in [5, 5.41) is 12.5. The van der Waals surface area contributed by atoms with E-state index in [1.165, 1.54) is 51.7 Å². The molecule has 1 heterocycles. The summed E-state index contributed by atoms with van der Waals surface area (Å²) in [5.74, 6) is 0.854. The molecule has 3 nitrogen and oxygen atoms in total. The largest absolute Gasteiger partial charge is 0.395 e. The Hall–Kier alpha value is -0.120. The van der Waals surface area contributed by atoms with Crippen molar-refractivity contribution in [1.29, 1.82) is 0 Å². The predicted octanol–water partition coefficient (Wildman–Crippen LogP) is 0.833. The van der Waals surface area contributed by atoms with Crippen molar-refractivity contribution in [2.75, 3.05) is 32.8 Å². The third-order valence-electron chi connectivity index (χ3n) is 3.64. The quantitative estimate of drug-likeness (QED) is 0.708. The second-order valence-electron chi connectivity index (χ2n) is 5.00. The molecule has 2 fully saturated rings. The van der Waals surface area contributed by atoms with Crippen LogP contribution in [0.3, 0.4) is 0 Å². The van der Waals surface area contributed by atoms with E-state index < -0.39 is 0 Å². The van der Waals surface area contributed by atoms with Crippen LogP contribution in [0.1, 0.15) is 32.1 Å². The molecule has 3 heteroatoms. The van der Waals surface area contributed by atoms with Gasteiger partial charge in [0.1, 0.15) is 0 Å². The van der Waals surface area contributed by atoms with Gasteiger partial charge in [0.2, 0.25) is 0 Å². The summed E-state index contributed by atoms with van der Waals surface area (Å²) in [7, 11) is 0. The molecular weight excluding hydrogens is 188 g/mol. The number of aliphatic hydroxyl groups is 1. The van der Waals surface area contributed by atoms with Gasteiger partial charge in [0.15, 0.2) is 0 Å². The molecule has 0 amide bonds. The predicted molar refractivity (Wildman–Crippen MR) is 61.9 cm³/mol. The Kier molecular flexibility index (Phi) is 4.42. The van der Waals surface area contributed by atoms with Gasteiger partial charge in [-0.25, -0.2) is 0 Å². The Balaban J connectivity index is 1.75. The molecule has 1 saturated heterocycles. The number of aliphatic hydroxyl groups excluding tert-OH is 1. The van der Waals surface area contributed by atoms with Crippen LogP contribution in [0.25, 0.3) is 0 Å². The second kappa shape index (κ2) is 5.83. The smallest absolute Gasteiger partial charge is 0.0558 e. The van der Waals surface area contributed by atoms with E-state index in [1.807, 2.05) is 0 Å². The molecule has 15 heavy (non-hydrogen) atoms. The molecule has 0 aromatic carbocycles. The molecule has 0 radical (unpaired) electrons. The van der Waals surface area contributed by atoms with E-state index in [-0.39, 0.29) is 0 Å². The first-order valence-corrected chi connectivity index (χ1v) is 6.46. The average Bonchev–Trinajstić information content (AvgIpc) is 3.05. The molecule has 1 unspecified atom stereocenters. The second-order valence-corrected chi connectivity index (χ2v) is 5.00. The number of nitrogens with one attached hydrogen (secondary N) is 1. The fourth-order valence-corrected chi connectivity index (χ4v) is 2.60. The summed E-state index contributed by atoms with van der Waals surface area (Å²) in [6.45, 7) is 4.80. The summed E-state index contributed by atoms with van der Waals surface area (Å²) in [5.41, 5.74) is 0. The van der Waals surface area contributed by atoms with Crippen molar-refractivity contribution < 1.29 is 5.11 Å². The van der Waals surface area contributed by atoms with Gasteiger partial charge in [0.05, 0.1) is 6.61 Å². The Morgan fingerprint density at radius 1 is 1.13 bits per heavy atom. The van der Waals surface area contributed by atoms with Crippen molar-refractivity contribution in [3.05, 3.63) is 0 Å². The van der Waals surface area contributed by atoms with Gasteiger partial charge in [-0.1, -0.05) is 0 Å². The minimum absolute atomic E-state index is 0.321. The van der Waals surface area contributed by atoms with Crippen LogP contribution in [-0.2, 0) is 0 Å². The molecule has 1 aliphatic heterocycles. The van der Waals surface area contributed by atoms with Crippen LogP contribution in [0, 0.1) is 5.92 Å². The van der Waals surface area contributed by atoms with E-state index >= 15 is 0 Å². The van der Waals surface area contributed by atoms with Crippen LogP contribution in [-0.4, -0.2) is 48.8 Å². The van der Waals surface area contributed by atoms with Crippen molar-refractivity contribution in [3.8, 4) is 0 Å². The van der Waals surface area contributed by atoms with Gasteiger partial charge in [-0.2, -0.15) is 0 Å². The van der Waals surface area contributed by atoms with E-state index in [9.17, 15) is 0 Å². The maximum absolute atomic E-state index is 9.04. The van der Waals surface area contributed by atoms with E-state index in [0.29, 0.717) is 6.61 Å². The van der Waals surface area contributed by atoms with Crippen molar-refractivity contribution >= 4 is 0 Å². The average molecular weight is 212 g/mol. The highest BCUT2D eigenvalue weighted by Gasteiger charge is 2.30. The first kappa shape index (κ1) is 11.4. The number of rotatable bonds is 5. The summed E-state index contributed by atoms with van der Waals surface area (Å²) in [6.07, 6.45) is 6.70. The molecule has 0 spiro atoms. The van der Waals surface area contributed by atoms with Crippen molar-refractivity contribution in [3.63, 3.8) is 0 Å². The molecule has 0 aromatic heterocycles. The summed E-state index contributed by atoms with van der Waals surface area (Å²) in [6, 6.07) is 0.799. The minimum atomic E-state index is 0.321. The lowest BCUT2D eigenvalue weighted by atomic mass is 10.00. The van der Waals surface area contributed by atoms with Crippen molar-refractivity contribution in [2.45, 2.75) is 38.1 Å². The molecule has 0 bridgehead atoms. The zero-order valence-corrected chi connectivity index (χ0v) is 9.62. The zero-order valence-electron chi connectivity index (χ0n) is 9.62. The van der Waals surface area contributed by atoms with Gasteiger partial charge in [-0.15, -0.1) is 0 Å². The summed E-state index contributed by atoms with van der Waals surface area (Å²) in [4.78, 5) is 2.51. The van der Waals surface area contributed by atoms with Crippen LogP contribution in [0.5, 0.6) is 0 Å². The normalized spacial score (nSPS) is 28.0. The summed E-state index contributed by atoms with van der Waals surface area (Å²) >= 11 is 0. The standard InChI is InChI=1S/C12H24N2O/c15-9-8-14(12-3-4-12)10-11-2-1-6-13-7-5-11/h11-13,15H,1-10H2. The van der Waals surface area contributed by atoms with Crippen LogP contribution >= 0.6 is 0 Å². The lowest BCUT2D eigenvalue weighted by molar-refractivity contribution is 0.163. The molecule has 1 atom stereocenters.